The average Bonchev–Trinajstić information content (AvgIpc) is 2.94. The number of furan rings is 1. The van der Waals surface area contributed by atoms with E-state index in [1.807, 2.05) is 13.0 Å². The van der Waals surface area contributed by atoms with Gasteiger partial charge < -0.3 is 14.5 Å². The Morgan fingerprint density at radius 1 is 1.42 bits per heavy atom. The largest absolute Gasteiger partial charge is 0.472 e. The van der Waals surface area contributed by atoms with Crippen molar-refractivity contribution >= 4 is 11.7 Å². The zero-order valence-electron chi connectivity index (χ0n) is 10.6. The van der Waals surface area contributed by atoms with Gasteiger partial charge in [-0.1, -0.05) is 0 Å². The monoisotopic (exact) mass is 263 g/mol. The Labute approximate surface area is 110 Å². The molecule has 1 heterocycles. The fourth-order valence-corrected chi connectivity index (χ4v) is 1.74. The smallest absolute Gasteiger partial charge is 0.340 e. The first-order chi connectivity index (χ1) is 9.11. The molecule has 0 aliphatic rings. The zero-order valence-corrected chi connectivity index (χ0v) is 10.6. The van der Waals surface area contributed by atoms with Gasteiger partial charge in [-0.2, -0.15) is 0 Å². The molecule has 0 aliphatic heterocycles. The molecule has 2 rings (SSSR count). The highest BCUT2D eigenvalue weighted by molar-refractivity contribution is 5.90. The Hall–Kier alpha value is -2.30. The van der Waals surface area contributed by atoms with E-state index in [1.54, 1.807) is 18.6 Å². The predicted molar refractivity (Wildman–Crippen MR) is 68.5 cm³/mol. The molecule has 1 aromatic carbocycles. The Morgan fingerprint density at radius 3 is 2.84 bits per heavy atom. The molecule has 5 heteroatoms. The van der Waals surface area contributed by atoms with Gasteiger partial charge >= 0.3 is 5.97 Å². The van der Waals surface area contributed by atoms with Crippen LogP contribution < -0.4 is 5.32 Å². The summed E-state index contributed by atoms with van der Waals surface area (Å²) in [5.74, 6) is -1.30. The quantitative estimate of drug-likeness (QED) is 0.859. The molecule has 0 saturated heterocycles. The van der Waals surface area contributed by atoms with Crippen molar-refractivity contribution in [2.45, 2.75) is 13.0 Å². The molecule has 2 aromatic rings. The Balaban J connectivity index is 2.19. The molecule has 0 fully saturated rings. The molecule has 19 heavy (non-hydrogen) atoms. The molecule has 0 saturated carbocycles. The molecule has 0 radical (unpaired) electrons. The van der Waals surface area contributed by atoms with Crippen LogP contribution >= 0.6 is 0 Å². The van der Waals surface area contributed by atoms with E-state index in [1.165, 1.54) is 19.2 Å². The second-order valence-corrected chi connectivity index (χ2v) is 4.11. The standard InChI is InChI=1S/C14H14FNO3/c1-9(10-5-6-19-8-10)16-11-3-4-13(15)12(7-11)14(17)18-2/h3-9,16H,1-2H3. The number of methoxy groups -OCH3 is 1. The molecule has 1 aromatic heterocycles. The summed E-state index contributed by atoms with van der Waals surface area (Å²) in [5, 5.41) is 3.16. The van der Waals surface area contributed by atoms with Crippen molar-refractivity contribution in [3.63, 3.8) is 0 Å². The molecule has 100 valence electrons. The lowest BCUT2D eigenvalue weighted by molar-refractivity contribution is 0.0595. The molecule has 4 nitrogen and oxygen atoms in total. The number of halogens is 1. The highest BCUT2D eigenvalue weighted by atomic mass is 19.1. The van der Waals surface area contributed by atoms with Crippen molar-refractivity contribution in [3.8, 4) is 0 Å². The molecule has 1 atom stereocenters. The summed E-state index contributed by atoms with van der Waals surface area (Å²) in [6.45, 7) is 1.94. The van der Waals surface area contributed by atoms with Gasteiger partial charge in [0.1, 0.15) is 5.82 Å². The number of ether oxygens (including phenoxy) is 1. The van der Waals surface area contributed by atoms with E-state index in [0.717, 1.165) is 5.56 Å². The van der Waals surface area contributed by atoms with E-state index in [2.05, 4.69) is 10.1 Å². The lowest BCUT2D eigenvalue weighted by Gasteiger charge is -2.14. The van der Waals surface area contributed by atoms with E-state index in [9.17, 15) is 9.18 Å². The predicted octanol–water partition coefficient (Wildman–Crippen LogP) is 3.38. The van der Waals surface area contributed by atoms with Crippen molar-refractivity contribution in [3.05, 3.63) is 53.7 Å². The first-order valence-corrected chi connectivity index (χ1v) is 5.78. The van der Waals surface area contributed by atoms with Crippen LogP contribution in [-0.4, -0.2) is 13.1 Å². The van der Waals surface area contributed by atoms with E-state index in [0.29, 0.717) is 5.69 Å². The highest BCUT2D eigenvalue weighted by Crippen LogP contribution is 2.22. The SMILES string of the molecule is COC(=O)c1cc(NC(C)c2ccoc2)ccc1F. The molecule has 0 bridgehead atoms. The Kier molecular flexibility index (Phi) is 3.85. The third-order valence-corrected chi connectivity index (χ3v) is 2.80. The molecular weight excluding hydrogens is 249 g/mol. The zero-order chi connectivity index (χ0) is 13.8. The van der Waals surface area contributed by atoms with E-state index < -0.39 is 11.8 Å². The van der Waals surface area contributed by atoms with Crippen molar-refractivity contribution in [2.75, 3.05) is 12.4 Å². The number of benzene rings is 1. The van der Waals surface area contributed by atoms with Crippen LogP contribution in [0.25, 0.3) is 0 Å². The van der Waals surface area contributed by atoms with Crippen LogP contribution in [0.1, 0.15) is 28.9 Å². The number of rotatable bonds is 4. The lowest BCUT2D eigenvalue weighted by Crippen LogP contribution is -2.09. The van der Waals surface area contributed by atoms with E-state index in [-0.39, 0.29) is 11.6 Å². The van der Waals surface area contributed by atoms with Gasteiger partial charge in [0.25, 0.3) is 0 Å². The summed E-state index contributed by atoms with van der Waals surface area (Å²) in [7, 11) is 1.22. The van der Waals surface area contributed by atoms with Gasteiger partial charge in [-0.15, -0.1) is 0 Å². The van der Waals surface area contributed by atoms with Crippen molar-refractivity contribution in [1.82, 2.24) is 0 Å². The number of esters is 1. The number of hydrogen-bond donors (Lipinski definition) is 1. The van der Waals surface area contributed by atoms with Crippen molar-refractivity contribution in [1.29, 1.82) is 0 Å². The maximum Gasteiger partial charge on any atom is 0.340 e. The average molecular weight is 263 g/mol. The van der Waals surface area contributed by atoms with Crippen molar-refractivity contribution < 1.29 is 18.3 Å². The summed E-state index contributed by atoms with van der Waals surface area (Å²) in [6.07, 6.45) is 3.21. The van der Waals surface area contributed by atoms with Gasteiger partial charge in [0.15, 0.2) is 0 Å². The highest BCUT2D eigenvalue weighted by Gasteiger charge is 2.14. The van der Waals surface area contributed by atoms with Crippen LogP contribution in [-0.2, 0) is 4.74 Å². The third kappa shape index (κ3) is 2.93. The summed E-state index contributed by atoms with van der Waals surface area (Å²) in [4.78, 5) is 11.4. The third-order valence-electron chi connectivity index (χ3n) is 2.80. The molecule has 1 unspecified atom stereocenters. The Bertz CT molecular complexity index is 566. The minimum absolute atomic E-state index is 0.0188. The van der Waals surface area contributed by atoms with Crippen LogP contribution in [0.4, 0.5) is 10.1 Å². The van der Waals surface area contributed by atoms with Gasteiger partial charge in [0, 0.05) is 11.3 Å². The van der Waals surface area contributed by atoms with Crippen LogP contribution in [0, 0.1) is 5.82 Å². The number of hydrogen-bond acceptors (Lipinski definition) is 4. The fraction of sp³-hybridized carbons (Fsp3) is 0.214. The van der Waals surface area contributed by atoms with Crippen LogP contribution in [0.3, 0.4) is 0 Å². The van der Waals surface area contributed by atoms with Gasteiger partial charge in [-0.05, 0) is 31.2 Å². The molecule has 0 aliphatic carbocycles. The number of carbonyl (C=O) groups excluding carboxylic acids is 1. The van der Waals surface area contributed by atoms with E-state index >= 15 is 0 Å². The van der Waals surface area contributed by atoms with Crippen molar-refractivity contribution in [2.24, 2.45) is 0 Å². The summed E-state index contributed by atoms with van der Waals surface area (Å²) in [6, 6.07) is 6.05. The normalized spacial score (nSPS) is 11.9. The topological polar surface area (TPSA) is 51.5 Å². The molecule has 0 amide bonds. The fourth-order valence-electron chi connectivity index (χ4n) is 1.74. The van der Waals surface area contributed by atoms with Gasteiger partial charge in [0.2, 0.25) is 0 Å². The van der Waals surface area contributed by atoms with E-state index in [4.69, 9.17) is 4.42 Å². The van der Waals surface area contributed by atoms with Crippen LogP contribution in [0.15, 0.2) is 41.2 Å². The van der Waals surface area contributed by atoms with Crippen LogP contribution in [0.5, 0.6) is 0 Å². The summed E-state index contributed by atoms with van der Waals surface area (Å²) in [5.41, 5.74) is 1.51. The molecular formula is C14H14FNO3. The number of anilines is 1. The first-order valence-electron chi connectivity index (χ1n) is 5.78. The maximum atomic E-state index is 13.5. The van der Waals surface area contributed by atoms with Gasteiger partial charge in [0.05, 0.1) is 31.2 Å². The minimum atomic E-state index is -0.697. The number of nitrogens with one attached hydrogen (secondary N) is 1. The summed E-state index contributed by atoms with van der Waals surface area (Å²) < 4.78 is 23.0. The summed E-state index contributed by atoms with van der Waals surface area (Å²) >= 11 is 0. The molecule has 1 N–H and O–H groups in total. The van der Waals surface area contributed by atoms with Gasteiger partial charge in [-0.3, -0.25) is 0 Å². The molecule has 0 spiro atoms. The second kappa shape index (κ2) is 5.56. The first kappa shape index (κ1) is 13.1. The second-order valence-electron chi connectivity index (χ2n) is 4.11. The Morgan fingerprint density at radius 2 is 2.21 bits per heavy atom. The van der Waals surface area contributed by atoms with Gasteiger partial charge in [-0.25, -0.2) is 9.18 Å². The number of carbonyl (C=O) groups is 1. The maximum absolute atomic E-state index is 13.5. The lowest BCUT2D eigenvalue weighted by atomic mass is 10.1. The van der Waals surface area contributed by atoms with Crippen LogP contribution in [0.2, 0.25) is 0 Å². The minimum Gasteiger partial charge on any atom is -0.472 e.